The van der Waals surface area contributed by atoms with Crippen LogP contribution in [-0.4, -0.2) is 28.3 Å². The summed E-state index contributed by atoms with van der Waals surface area (Å²) in [6.07, 6.45) is 12.2. The molecule has 4 heteroatoms. The number of hydrogen-bond donors (Lipinski definition) is 1. The first kappa shape index (κ1) is 15.5. The van der Waals surface area contributed by atoms with Crippen molar-refractivity contribution in [3.05, 3.63) is 24.2 Å². The molecule has 0 saturated heterocycles. The lowest BCUT2D eigenvalue weighted by Gasteiger charge is -2.22. The third-order valence-corrected chi connectivity index (χ3v) is 4.67. The molecule has 1 N–H and O–H groups in total. The van der Waals surface area contributed by atoms with E-state index in [1.807, 2.05) is 11.8 Å². The van der Waals surface area contributed by atoms with Gasteiger partial charge in [-0.2, -0.15) is 0 Å². The monoisotopic (exact) mass is 291 g/mol. The van der Waals surface area contributed by atoms with E-state index in [-0.39, 0.29) is 0 Å². The minimum atomic E-state index is 0.375. The molecule has 0 spiro atoms. The van der Waals surface area contributed by atoms with Gasteiger partial charge in [0.1, 0.15) is 5.03 Å². The highest BCUT2D eigenvalue weighted by Crippen LogP contribution is 2.28. The van der Waals surface area contributed by atoms with E-state index in [9.17, 15) is 0 Å². The number of aromatic nitrogens is 2. The van der Waals surface area contributed by atoms with E-state index in [1.54, 1.807) is 12.4 Å². The summed E-state index contributed by atoms with van der Waals surface area (Å²) >= 11 is 1.85. The van der Waals surface area contributed by atoms with E-state index < -0.39 is 0 Å². The van der Waals surface area contributed by atoms with Gasteiger partial charge in [0.2, 0.25) is 0 Å². The molecule has 1 aromatic rings. The van der Waals surface area contributed by atoms with Crippen LogP contribution in [0.1, 0.15) is 51.6 Å². The summed E-state index contributed by atoms with van der Waals surface area (Å²) < 4.78 is 0. The third kappa shape index (κ3) is 4.32. The van der Waals surface area contributed by atoms with Gasteiger partial charge in [-0.25, -0.2) is 4.98 Å². The minimum Gasteiger partial charge on any atom is -0.310 e. The molecule has 2 rings (SSSR count). The van der Waals surface area contributed by atoms with Crippen LogP contribution in [-0.2, 0) is 0 Å². The van der Waals surface area contributed by atoms with Gasteiger partial charge < -0.3 is 5.32 Å². The molecule has 20 heavy (non-hydrogen) atoms. The lowest BCUT2D eigenvalue weighted by Crippen LogP contribution is -2.31. The van der Waals surface area contributed by atoms with Crippen molar-refractivity contribution in [3.63, 3.8) is 0 Å². The Bertz CT molecular complexity index is 445. The summed E-state index contributed by atoms with van der Waals surface area (Å²) in [7, 11) is 0. The van der Waals surface area contributed by atoms with Crippen molar-refractivity contribution in [1.82, 2.24) is 15.3 Å². The first-order valence-corrected chi connectivity index (χ1v) is 8.69. The standard InChI is InChI=1S/C16H25N3S/c1-3-4-5-6-12-20-16-15(18-10-11-19-16)14-8-7-9-17-13(14)2/h8,10-11,13,17H,3-7,9,12H2,1-2H3. The van der Waals surface area contributed by atoms with Gasteiger partial charge in [0.05, 0.1) is 5.69 Å². The summed E-state index contributed by atoms with van der Waals surface area (Å²) in [5.74, 6) is 1.14. The van der Waals surface area contributed by atoms with Crippen LogP contribution >= 0.6 is 11.8 Å². The smallest absolute Gasteiger partial charge is 0.122 e. The zero-order valence-corrected chi connectivity index (χ0v) is 13.4. The van der Waals surface area contributed by atoms with Gasteiger partial charge in [-0.3, -0.25) is 4.98 Å². The van der Waals surface area contributed by atoms with Crippen molar-refractivity contribution >= 4 is 17.3 Å². The highest BCUT2D eigenvalue weighted by atomic mass is 32.2. The number of rotatable bonds is 7. The normalized spacial score (nSPS) is 18.9. The molecule has 0 bridgehead atoms. The molecule has 1 aromatic heterocycles. The van der Waals surface area contributed by atoms with Crippen LogP contribution in [0.3, 0.4) is 0 Å². The summed E-state index contributed by atoms with van der Waals surface area (Å²) in [6, 6.07) is 0.375. The van der Waals surface area contributed by atoms with Crippen LogP contribution in [0.5, 0.6) is 0 Å². The zero-order valence-electron chi connectivity index (χ0n) is 12.6. The van der Waals surface area contributed by atoms with Gasteiger partial charge in [-0.05, 0) is 37.6 Å². The Morgan fingerprint density at radius 1 is 1.25 bits per heavy atom. The fourth-order valence-corrected chi connectivity index (χ4v) is 3.43. The van der Waals surface area contributed by atoms with E-state index in [4.69, 9.17) is 0 Å². The molecule has 0 aromatic carbocycles. The number of unbranched alkanes of at least 4 members (excludes halogenated alkanes) is 3. The average molecular weight is 291 g/mol. The number of nitrogens with one attached hydrogen (secondary N) is 1. The maximum absolute atomic E-state index is 4.58. The average Bonchev–Trinajstić information content (AvgIpc) is 2.48. The molecule has 110 valence electrons. The molecule has 0 aliphatic carbocycles. The maximum atomic E-state index is 4.58. The fourth-order valence-electron chi connectivity index (χ4n) is 2.44. The molecule has 3 nitrogen and oxygen atoms in total. The first-order valence-electron chi connectivity index (χ1n) is 7.70. The van der Waals surface area contributed by atoms with Crippen molar-refractivity contribution in [3.8, 4) is 0 Å². The van der Waals surface area contributed by atoms with Crippen molar-refractivity contribution in [2.75, 3.05) is 12.3 Å². The topological polar surface area (TPSA) is 37.8 Å². The second kappa shape index (κ2) is 8.42. The van der Waals surface area contributed by atoms with E-state index in [2.05, 4.69) is 35.2 Å². The molecule has 1 atom stereocenters. The van der Waals surface area contributed by atoms with Gasteiger partial charge in [0.25, 0.3) is 0 Å². The van der Waals surface area contributed by atoms with E-state index in [0.29, 0.717) is 6.04 Å². The van der Waals surface area contributed by atoms with Crippen LogP contribution in [0.15, 0.2) is 23.5 Å². The van der Waals surface area contributed by atoms with Gasteiger partial charge >= 0.3 is 0 Å². The van der Waals surface area contributed by atoms with Gasteiger partial charge in [0, 0.05) is 18.4 Å². The molecular formula is C16H25N3S. The zero-order chi connectivity index (χ0) is 14.2. The Morgan fingerprint density at radius 3 is 2.90 bits per heavy atom. The first-order chi connectivity index (χ1) is 9.83. The Hall–Kier alpha value is -0.870. The van der Waals surface area contributed by atoms with Gasteiger partial charge in [-0.1, -0.05) is 32.3 Å². The van der Waals surface area contributed by atoms with Crippen LogP contribution in [0.25, 0.3) is 5.57 Å². The lowest BCUT2D eigenvalue weighted by atomic mass is 10.0. The van der Waals surface area contributed by atoms with Crippen LogP contribution in [0.2, 0.25) is 0 Å². The summed E-state index contributed by atoms with van der Waals surface area (Å²) in [5, 5.41) is 4.59. The van der Waals surface area contributed by atoms with Crippen LogP contribution in [0.4, 0.5) is 0 Å². The summed E-state index contributed by atoms with van der Waals surface area (Å²) in [5.41, 5.74) is 2.38. The Labute approximate surface area is 126 Å². The molecule has 0 saturated carbocycles. The van der Waals surface area contributed by atoms with E-state index >= 15 is 0 Å². The molecule has 1 aliphatic heterocycles. The molecule has 0 radical (unpaired) electrons. The summed E-state index contributed by atoms with van der Waals surface area (Å²) in [6.45, 7) is 5.51. The Kier molecular flexibility index (Phi) is 6.54. The molecule has 0 fully saturated rings. The van der Waals surface area contributed by atoms with E-state index in [0.717, 1.165) is 29.4 Å². The maximum Gasteiger partial charge on any atom is 0.122 e. The van der Waals surface area contributed by atoms with E-state index in [1.165, 1.54) is 31.3 Å². The predicted molar refractivity (Wildman–Crippen MR) is 87.0 cm³/mol. The molecule has 1 unspecified atom stereocenters. The molecule has 0 amide bonds. The summed E-state index contributed by atoms with van der Waals surface area (Å²) in [4.78, 5) is 9.11. The Morgan fingerprint density at radius 2 is 2.10 bits per heavy atom. The molecule has 1 aliphatic rings. The van der Waals surface area contributed by atoms with Crippen LogP contribution in [0, 0.1) is 0 Å². The quantitative estimate of drug-likeness (QED) is 0.610. The number of hydrogen-bond acceptors (Lipinski definition) is 4. The molecular weight excluding hydrogens is 266 g/mol. The van der Waals surface area contributed by atoms with Gasteiger partial charge in [0.15, 0.2) is 0 Å². The van der Waals surface area contributed by atoms with Gasteiger partial charge in [-0.15, -0.1) is 11.8 Å². The largest absolute Gasteiger partial charge is 0.310 e. The highest BCUT2D eigenvalue weighted by Gasteiger charge is 2.18. The fraction of sp³-hybridized carbons (Fsp3) is 0.625. The predicted octanol–water partition coefficient (Wildman–Crippen LogP) is 3.91. The highest BCUT2D eigenvalue weighted by molar-refractivity contribution is 7.99. The van der Waals surface area contributed by atoms with Crippen molar-refractivity contribution in [2.24, 2.45) is 0 Å². The Balaban J connectivity index is 2.01. The SMILES string of the molecule is CCCCCCSc1nccnc1C1=CCCNC1C. The lowest BCUT2D eigenvalue weighted by molar-refractivity contribution is 0.623. The minimum absolute atomic E-state index is 0.375. The van der Waals surface area contributed by atoms with Crippen molar-refractivity contribution < 1.29 is 0 Å². The second-order valence-electron chi connectivity index (χ2n) is 5.24. The number of thioether (sulfide) groups is 1. The third-order valence-electron chi connectivity index (χ3n) is 3.60. The second-order valence-corrected chi connectivity index (χ2v) is 6.33. The van der Waals surface area contributed by atoms with Crippen molar-refractivity contribution in [2.45, 2.75) is 57.0 Å². The van der Waals surface area contributed by atoms with Crippen molar-refractivity contribution in [1.29, 1.82) is 0 Å². The number of nitrogens with zero attached hydrogens (tertiary/aromatic N) is 2. The van der Waals surface area contributed by atoms with Crippen LogP contribution < -0.4 is 5.32 Å². The molecule has 2 heterocycles.